The number of nitrogens with one attached hydrogen (secondary N) is 1. The Labute approximate surface area is 130 Å². The van der Waals surface area contributed by atoms with Gasteiger partial charge in [0.2, 0.25) is 0 Å². The number of hydrogen-bond donors (Lipinski definition) is 1. The molecule has 2 aromatic heterocycles. The largest absolute Gasteiger partial charge is 0.383 e. The van der Waals surface area contributed by atoms with Crippen LogP contribution in [0.15, 0.2) is 30.6 Å². The number of ether oxygens (including phenoxy) is 1. The standard InChI is InChI=1S/C15H21ClN4O/c1-3-17-14(10-12-6-4-5-7-18-12)15-13(16)11-19-20(15)8-9-21-2/h4-7,11,14,17H,3,8-10H2,1-2H3. The van der Waals surface area contributed by atoms with E-state index < -0.39 is 0 Å². The second-order valence-electron chi connectivity index (χ2n) is 4.73. The molecular formula is C15H21ClN4O. The van der Waals surface area contributed by atoms with Crippen LogP contribution in [0.5, 0.6) is 0 Å². The van der Waals surface area contributed by atoms with Gasteiger partial charge in [0, 0.05) is 25.4 Å². The first-order valence-electron chi connectivity index (χ1n) is 7.09. The van der Waals surface area contributed by atoms with Crippen molar-refractivity contribution in [3.05, 3.63) is 47.0 Å². The van der Waals surface area contributed by atoms with E-state index in [-0.39, 0.29) is 6.04 Å². The van der Waals surface area contributed by atoms with Crippen LogP contribution in [0.25, 0.3) is 0 Å². The quantitative estimate of drug-likeness (QED) is 0.814. The highest BCUT2D eigenvalue weighted by Crippen LogP contribution is 2.25. The van der Waals surface area contributed by atoms with Gasteiger partial charge >= 0.3 is 0 Å². The molecule has 1 unspecified atom stereocenters. The number of nitrogens with zero attached hydrogens (tertiary/aromatic N) is 3. The monoisotopic (exact) mass is 308 g/mol. The molecule has 2 rings (SSSR count). The van der Waals surface area contributed by atoms with Crippen molar-refractivity contribution in [1.29, 1.82) is 0 Å². The Morgan fingerprint density at radius 1 is 1.43 bits per heavy atom. The van der Waals surface area contributed by atoms with Crippen molar-refractivity contribution >= 4 is 11.6 Å². The fourth-order valence-electron chi connectivity index (χ4n) is 2.31. The highest BCUT2D eigenvalue weighted by atomic mass is 35.5. The van der Waals surface area contributed by atoms with Gasteiger partial charge in [0.25, 0.3) is 0 Å². The molecule has 0 amide bonds. The number of rotatable bonds is 8. The summed E-state index contributed by atoms with van der Waals surface area (Å²) in [7, 11) is 1.68. The summed E-state index contributed by atoms with van der Waals surface area (Å²) in [5, 5.41) is 8.48. The lowest BCUT2D eigenvalue weighted by Gasteiger charge is -2.20. The van der Waals surface area contributed by atoms with Crippen LogP contribution in [-0.4, -0.2) is 35.0 Å². The van der Waals surface area contributed by atoms with Gasteiger partial charge in [0.15, 0.2) is 0 Å². The zero-order chi connectivity index (χ0) is 15.1. The van der Waals surface area contributed by atoms with Gasteiger partial charge in [-0.1, -0.05) is 24.6 Å². The summed E-state index contributed by atoms with van der Waals surface area (Å²) in [5.41, 5.74) is 2.01. The Bertz CT molecular complexity index is 544. The molecule has 0 aliphatic carbocycles. The van der Waals surface area contributed by atoms with Crippen LogP contribution in [0.1, 0.15) is 24.4 Å². The predicted octanol–water partition coefficient (Wildman–Crippen LogP) is 2.47. The smallest absolute Gasteiger partial charge is 0.0834 e. The summed E-state index contributed by atoms with van der Waals surface area (Å²) in [6, 6.07) is 6.02. The molecule has 0 aliphatic heterocycles. The molecule has 0 aliphatic rings. The number of hydrogen-bond acceptors (Lipinski definition) is 4. The van der Waals surface area contributed by atoms with E-state index in [4.69, 9.17) is 16.3 Å². The van der Waals surface area contributed by atoms with Gasteiger partial charge in [-0.15, -0.1) is 0 Å². The molecule has 5 nitrogen and oxygen atoms in total. The van der Waals surface area contributed by atoms with Crippen molar-refractivity contribution in [2.24, 2.45) is 0 Å². The lowest BCUT2D eigenvalue weighted by Crippen LogP contribution is -2.27. The first-order chi connectivity index (χ1) is 10.3. The van der Waals surface area contributed by atoms with Gasteiger partial charge in [-0.2, -0.15) is 5.10 Å². The van der Waals surface area contributed by atoms with Gasteiger partial charge in [0.05, 0.1) is 36.1 Å². The number of likely N-dealkylation sites (N-methyl/N-ethyl adjacent to an activating group) is 1. The molecule has 0 spiro atoms. The summed E-state index contributed by atoms with van der Waals surface area (Å²) < 4.78 is 7.04. The first kappa shape index (κ1) is 15.9. The third-order valence-corrected chi connectivity index (χ3v) is 3.55. The lowest BCUT2D eigenvalue weighted by atomic mass is 10.1. The highest BCUT2D eigenvalue weighted by molar-refractivity contribution is 6.31. The van der Waals surface area contributed by atoms with E-state index in [1.165, 1.54) is 0 Å². The van der Waals surface area contributed by atoms with Crippen LogP contribution in [-0.2, 0) is 17.7 Å². The van der Waals surface area contributed by atoms with Crippen LogP contribution in [0.2, 0.25) is 5.02 Å². The van der Waals surface area contributed by atoms with Crippen molar-refractivity contribution in [2.75, 3.05) is 20.3 Å². The van der Waals surface area contributed by atoms with Crippen molar-refractivity contribution in [1.82, 2.24) is 20.1 Å². The van der Waals surface area contributed by atoms with Crippen molar-refractivity contribution in [3.63, 3.8) is 0 Å². The van der Waals surface area contributed by atoms with Crippen molar-refractivity contribution in [3.8, 4) is 0 Å². The Morgan fingerprint density at radius 2 is 2.29 bits per heavy atom. The summed E-state index contributed by atoms with van der Waals surface area (Å²) in [5.74, 6) is 0. The van der Waals surface area contributed by atoms with Crippen molar-refractivity contribution in [2.45, 2.75) is 25.9 Å². The van der Waals surface area contributed by atoms with Gasteiger partial charge in [-0.25, -0.2) is 0 Å². The van der Waals surface area contributed by atoms with E-state index in [9.17, 15) is 0 Å². The van der Waals surface area contributed by atoms with Gasteiger partial charge in [0.1, 0.15) is 0 Å². The number of aromatic nitrogens is 3. The fraction of sp³-hybridized carbons (Fsp3) is 0.467. The third kappa shape index (κ3) is 4.27. The number of methoxy groups -OCH3 is 1. The molecule has 2 heterocycles. The second kappa shape index (κ2) is 8.12. The minimum Gasteiger partial charge on any atom is -0.383 e. The molecule has 0 bridgehead atoms. The minimum atomic E-state index is 0.0803. The van der Waals surface area contributed by atoms with Crippen LogP contribution < -0.4 is 5.32 Å². The zero-order valence-corrected chi connectivity index (χ0v) is 13.2. The molecule has 114 valence electrons. The molecule has 1 N–H and O–H groups in total. The van der Waals surface area contributed by atoms with Crippen LogP contribution >= 0.6 is 11.6 Å². The van der Waals surface area contributed by atoms with Crippen LogP contribution in [0, 0.1) is 0 Å². The van der Waals surface area contributed by atoms with E-state index in [0.29, 0.717) is 18.2 Å². The molecule has 21 heavy (non-hydrogen) atoms. The molecule has 0 saturated heterocycles. The Hall–Kier alpha value is -1.43. The molecular weight excluding hydrogens is 288 g/mol. The SMILES string of the molecule is CCNC(Cc1ccccn1)c1c(Cl)cnn1CCOC. The highest BCUT2D eigenvalue weighted by Gasteiger charge is 2.20. The molecule has 0 fully saturated rings. The topological polar surface area (TPSA) is 52.0 Å². The maximum Gasteiger partial charge on any atom is 0.0834 e. The van der Waals surface area contributed by atoms with Gasteiger partial charge in [-0.05, 0) is 18.7 Å². The molecule has 6 heteroatoms. The zero-order valence-electron chi connectivity index (χ0n) is 12.4. The molecule has 2 aromatic rings. The minimum absolute atomic E-state index is 0.0803. The fourth-order valence-corrected chi connectivity index (χ4v) is 2.59. The Balaban J connectivity index is 2.23. The molecule has 0 radical (unpaired) electrons. The number of halogens is 1. The van der Waals surface area contributed by atoms with E-state index >= 15 is 0 Å². The maximum atomic E-state index is 6.34. The third-order valence-electron chi connectivity index (χ3n) is 3.26. The van der Waals surface area contributed by atoms with Crippen molar-refractivity contribution < 1.29 is 4.74 Å². The van der Waals surface area contributed by atoms with E-state index in [0.717, 1.165) is 24.4 Å². The van der Waals surface area contributed by atoms with Gasteiger partial charge < -0.3 is 10.1 Å². The van der Waals surface area contributed by atoms with Crippen LogP contribution in [0.4, 0.5) is 0 Å². The lowest BCUT2D eigenvalue weighted by molar-refractivity contribution is 0.181. The summed E-state index contributed by atoms with van der Waals surface area (Å²) >= 11 is 6.34. The second-order valence-corrected chi connectivity index (χ2v) is 5.14. The Kier molecular flexibility index (Phi) is 6.17. The summed E-state index contributed by atoms with van der Waals surface area (Å²) in [6.45, 7) is 4.22. The van der Waals surface area contributed by atoms with E-state index in [1.807, 2.05) is 29.1 Å². The predicted molar refractivity (Wildman–Crippen MR) is 83.5 cm³/mol. The average Bonchev–Trinajstić information content (AvgIpc) is 2.86. The summed E-state index contributed by atoms with van der Waals surface area (Å²) in [4.78, 5) is 4.39. The summed E-state index contributed by atoms with van der Waals surface area (Å²) in [6.07, 6.45) is 4.27. The Morgan fingerprint density at radius 3 is 2.95 bits per heavy atom. The first-order valence-corrected chi connectivity index (χ1v) is 7.47. The van der Waals surface area contributed by atoms with E-state index in [1.54, 1.807) is 13.3 Å². The molecule has 0 aromatic carbocycles. The normalized spacial score (nSPS) is 12.5. The van der Waals surface area contributed by atoms with E-state index in [2.05, 4.69) is 22.3 Å². The molecule has 1 atom stereocenters. The van der Waals surface area contributed by atoms with Gasteiger partial charge in [-0.3, -0.25) is 9.67 Å². The maximum absolute atomic E-state index is 6.34. The molecule has 0 saturated carbocycles. The van der Waals surface area contributed by atoms with Crippen LogP contribution in [0.3, 0.4) is 0 Å². The number of pyridine rings is 1. The average molecular weight is 309 g/mol.